The van der Waals surface area contributed by atoms with Gasteiger partial charge in [-0.2, -0.15) is 0 Å². The minimum atomic E-state index is -0.253. The van der Waals surface area contributed by atoms with Crippen molar-refractivity contribution in [2.45, 2.75) is 13.5 Å². The molecule has 0 saturated carbocycles. The fraction of sp³-hybridized carbons (Fsp3) is 0.250. The molecule has 2 amide bonds. The highest BCUT2D eigenvalue weighted by atomic mass is 16.3. The van der Waals surface area contributed by atoms with E-state index in [9.17, 15) is 9.59 Å². The molecule has 0 aliphatic heterocycles. The molecule has 0 unspecified atom stereocenters. The van der Waals surface area contributed by atoms with Crippen LogP contribution in [0.1, 0.15) is 32.2 Å². The SMILES string of the molecule is Cc1ccc(C(=O)NCc2ccc(C(=O)N(C)C)cc2)o1. The van der Waals surface area contributed by atoms with Gasteiger partial charge in [-0.05, 0) is 36.8 Å². The molecule has 0 aliphatic carbocycles. The zero-order chi connectivity index (χ0) is 15.4. The predicted octanol–water partition coefficient (Wildman–Crippen LogP) is 2.22. The number of carbonyl (C=O) groups is 2. The first kappa shape index (κ1) is 14.8. The molecule has 0 bridgehead atoms. The van der Waals surface area contributed by atoms with Crippen molar-refractivity contribution >= 4 is 11.8 Å². The van der Waals surface area contributed by atoms with Crippen molar-refractivity contribution in [1.82, 2.24) is 10.2 Å². The third kappa shape index (κ3) is 3.72. The molecular weight excluding hydrogens is 268 g/mol. The smallest absolute Gasteiger partial charge is 0.287 e. The molecule has 0 fully saturated rings. The molecule has 0 spiro atoms. The van der Waals surface area contributed by atoms with Gasteiger partial charge in [-0.25, -0.2) is 0 Å². The minimum absolute atomic E-state index is 0.0448. The highest BCUT2D eigenvalue weighted by molar-refractivity contribution is 5.94. The number of hydrogen-bond donors (Lipinski definition) is 1. The van der Waals surface area contributed by atoms with E-state index in [1.807, 2.05) is 12.1 Å². The summed E-state index contributed by atoms with van der Waals surface area (Å²) in [6.45, 7) is 2.17. The van der Waals surface area contributed by atoms with E-state index in [0.717, 1.165) is 5.56 Å². The number of furan rings is 1. The molecular formula is C16H18N2O3. The van der Waals surface area contributed by atoms with Crippen molar-refractivity contribution in [1.29, 1.82) is 0 Å². The fourth-order valence-corrected chi connectivity index (χ4v) is 1.85. The summed E-state index contributed by atoms with van der Waals surface area (Å²) in [6.07, 6.45) is 0. The Balaban J connectivity index is 1.95. The summed E-state index contributed by atoms with van der Waals surface area (Å²) in [4.78, 5) is 25.1. The number of nitrogens with one attached hydrogen (secondary N) is 1. The van der Waals surface area contributed by atoms with Crippen LogP contribution in [0.15, 0.2) is 40.8 Å². The van der Waals surface area contributed by atoms with Crippen molar-refractivity contribution < 1.29 is 14.0 Å². The van der Waals surface area contributed by atoms with E-state index in [2.05, 4.69) is 5.32 Å². The maximum atomic E-state index is 11.8. The molecule has 5 heteroatoms. The van der Waals surface area contributed by atoms with Gasteiger partial charge < -0.3 is 14.6 Å². The maximum Gasteiger partial charge on any atom is 0.287 e. The molecule has 1 aromatic carbocycles. The average Bonchev–Trinajstić information content (AvgIpc) is 2.91. The summed E-state index contributed by atoms with van der Waals surface area (Å²) in [5.41, 5.74) is 1.54. The van der Waals surface area contributed by atoms with Crippen LogP contribution in [-0.2, 0) is 6.54 Å². The number of aryl methyl sites for hydroxylation is 1. The Morgan fingerprint density at radius 2 is 1.76 bits per heavy atom. The number of nitrogens with zero attached hydrogens (tertiary/aromatic N) is 1. The second kappa shape index (κ2) is 6.26. The van der Waals surface area contributed by atoms with Gasteiger partial charge in [0.05, 0.1) is 0 Å². The number of benzene rings is 1. The normalized spacial score (nSPS) is 10.2. The monoisotopic (exact) mass is 286 g/mol. The van der Waals surface area contributed by atoms with Crippen molar-refractivity contribution in [2.24, 2.45) is 0 Å². The molecule has 0 atom stereocenters. The molecule has 2 rings (SSSR count). The Morgan fingerprint density at radius 1 is 1.10 bits per heavy atom. The van der Waals surface area contributed by atoms with Crippen LogP contribution in [0.3, 0.4) is 0 Å². The van der Waals surface area contributed by atoms with Gasteiger partial charge in [-0.1, -0.05) is 12.1 Å². The molecule has 0 saturated heterocycles. The van der Waals surface area contributed by atoms with Crippen molar-refractivity contribution in [3.8, 4) is 0 Å². The summed E-state index contributed by atoms with van der Waals surface area (Å²) in [7, 11) is 3.42. The van der Waals surface area contributed by atoms with Gasteiger partial charge in [0.2, 0.25) is 0 Å². The first-order valence-electron chi connectivity index (χ1n) is 6.62. The predicted molar refractivity (Wildman–Crippen MR) is 79.1 cm³/mol. The van der Waals surface area contributed by atoms with Gasteiger partial charge in [0.15, 0.2) is 5.76 Å². The topological polar surface area (TPSA) is 62.6 Å². The summed E-state index contributed by atoms with van der Waals surface area (Å²) in [5, 5.41) is 2.77. The van der Waals surface area contributed by atoms with Crippen LogP contribution in [0, 0.1) is 6.92 Å². The van der Waals surface area contributed by atoms with E-state index < -0.39 is 0 Å². The molecule has 5 nitrogen and oxygen atoms in total. The van der Waals surface area contributed by atoms with Crippen LogP contribution < -0.4 is 5.32 Å². The third-order valence-corrected chi connectivity index (χ3v) is 3.02. The molecule has 1 heterocycles. The van der Waals surface area contributed by atoms with Crippen LogP contribution in [0.5, 0.6) is 0 Å². The largest absolute Gasteiger partial charge is 0.456 e. The third-order valence-electron chi connectivity index (χ3n) is 3.02. The lowest BCUT2D eigenvalue weighted by atomic mass is 10.1. The number of amides is 2. The Bertz CT molecular complexity index is 642. The molecule has 0 radical (unpaired) electrons. The van der Waals surface area contributed by atoms with Crippen molar-refractivity contribution in [3.05, 3.63) is 59.0 Å². The van der Waals surface area contributed by atoms with E-state index in [4.69, 9.17) is 4.42 Å². The summed E-state index contributed by atoms with van der Waals surface area (Å²) < 4.78 is 5.25. The molecule has 0 aliphatic rings. The zero-order valence-corrected chi connectivity index (χ0v) is 12.3. The minimum Gasteiger partial charge on any atom is -0.456 e. The highest BCUT2D eigenvalue weighted by Gasteiger charge is 2.10. The van der Waals surface area contributed by atoms with E-state index in [1.165, 1.54) is 4.90 Å². The van der Waals surface area contributed by atoms with Crippen molar-refractivity contribution in [3.63, 3.8) is 0 Å². The standard InChI is InChI=1S/C16H18N2O3/c1-11-4-9-14(21-11)15(19)17-10-12-5-7-13(8-6-12)16(20)18(2)3/h4-9H,10H2,1-3H3,(H,17,19). The molecule has 21 heavy (non-hydrogen) atoms. The Labute approximate surface area is 123 Å². The fourth-order valence-electron chi connectivity index (χ4n) is 1.85. The lowest BCUT2D eigenvalue weighted by Crippen LogP contribution is -2.23. The number of carbonyl (C=O) groups excluding carboxylic acids is 2. The Kier molecular flexibility index (Phi) is 4.42. The quantitative estimate of drug-likeness (QED) is 0.937. The van der Waals surface area contributed by atoms with E-state index in [0.29, 0.717) is 23.6 Å². The van der Waals surface area contributed by atoms with Crippen molar-refractivity contribution in [2.75, 3.05) is 14.1 Å². The second-order valence-corrected chi connectivity index (χ2v) is 4.99. The molecule has 1 N–H and O–H groups in total. The maximum absolute atomic E-state index is 11.8. The van der Waals surface area contributed by atoms with Crippen LogP contribution in [0.2, 0.25) is 0 Å². The van der Waals surface area contributed by atoms with Gasteiger partial charge in [-0.15, -0.1) is 0 Å². The van der Waals surface area contributed by atoms with Gasteiger partial charge in [0.1, 0.15) is 5.76 Å². The van der Waals surface area contributed by atoms with Crippen LogP contribution >= 0.6 is 0 Å². The van der Waals surface area contributed by atoms with Gasteiger partial charge >= 0.3 is 0 Å². The van der Waals surface area contributed by atoms with E-state index >= 15 is 0 Å². The Morgan fingerprint density at radius 3 is 2.29 bits per heavy atom. The molecule has 1 aromatic heterocycles. The number of hydrogen-bond acceptors (Lipinski definition) is 3. The first-order valence-corrected chi connectivity index (χ1v) is 6.62. The second-order valence-electron chi connectivity index (χ2n) is 4.99. The summed E-state index contributed by atoms with van der Waals surface area (Å²) in [6, 6.07) is 10.5. The van der Waals surface area contributed by atoms with Crippen LogP contribution in [-0.4, -0.2) is 30.8 Å². The first-order chi connectivity index (χ1) is 9.97. The number of rotatable bonds is 4. The molecule has 110 valence electrons. The summed E-state index contributed by atoms with van der Waals surface area (Å²) >= 11 is 0. The van der Waals surface area contributed by atoms with Crippen LogP contribution in [0.4, 0.5) is 0 Å². The lowest BCUT2D eigenvalue weighted by molar-refractivity contribution is 0.0827. The summed E-state index contributed by atoms with van der Waals surface area (Å²) in [5.74, 6) is 0.701. The van der Waals surface area contributed by atoms with Gasteiger partial charge in [-0.3, -0.25) is 9.59 Å². The van der Waals surface area contributed by atoms with Gasteiger partial charge in [0.25, 0.3) is 11.8 Å². The Hall–Kier alpha value is -2.56. The van der Waals surface area contributed by atoms with Crippen LogP contribution in [0.25, 0.3) is 0 Å². The van der Waals surface area contributed by atoms with E-state index in [-0.39, 0.29) is 11.8 Å². The van der Waals surface area contributed by atoms with Gasteiger partial charge in [0, 0.05) is 26.2 Å². The van der Waals surface area contributed by atoms with E-state index in [1.54, 1.807) is 45.3 Å². The highest BCUT2D eigenvalue weighted by Crippen LogP contribution is 2.08. The lowest BCUT2D eigenvalue weighted by Gasteiger charge is -2.10. The molecule has 2 aromatic rings. The average molecular weight is 286 g/mol. The zero-order valence-electron chi connectivity index (χ0n) is 12.3.